The summed E-state index contributed by atoms with van der Waals surface area (Å²) in [6.45, 7) is 2.30. The van der Waals surface area contributed by atoms with E-state index in [0.717, 1.165) is 25.0 Å². The number of aromatic nitrogens is 1. The van der Waals surface area contributed by atoms with Crippen molar-refractivity contribution >= 4 is 0 Å². The maximum absolute atomic E-state index is 9.36. The third-order valence-corrected chi connectivity index (χ3v) is 2.99. The zero-order valence-electron chi connectivity index (χ0n) is 7.95. The molecule has 13 heavy (non-hydrogen) atoms. The zero-order valence-corrected chi connectivity index (χ0v) is 7.95. The number of rotatable bonds is 1. The van der Waals surface area contributed by atoms with E-state index in [1.807, 2.05) is 12.3 Å². The second kappa shape index (κ2) is 3.11. The van der Waals surface area contributed by atoms with E-state index in [0.29, 0.717) is 0 Å². The molecular weight excluding hydrogens is 162 g/mol. The molecule has 1 atom stereocenters. The van der Waals surface area contributed by atoms with E-state index < -0.39 is 0 Å². The van der Waals surface area contributed by atoms with Gasteiger partial charge in [0.15, 0.2) is 0 Å². The van der Waals surface area contributed by atoms with E-state index in [9.17, 15) is 5.11 Å². The lowest BCUT2D eigenvalue weighted by Crippen LogP contribution is -2.32. The number of hydrogen-bond donors (Lipinski definition) is 1. The second-order valence-electron chi connectivity index (χ2n) is 4.08. The van der Waals surface area contributed by atoms with Gasteiger partial charge in [0.25, 0.3) is 0 Å². The lowest BCUT2D eigenvalue weighted by atomic mass is 9.75. The van der Waals surface area contributed by atoms with Gasteiger partial charge in [-0.1, -0.05) is 13.0 Å². The second-order valence-corrected chi connectivity index (χ2v) is 4.08. The molecule has 0 fully saturated rings. The molecule has 2 rings (SSSR count). The van der Waals surface area contributed by atoms with E-state index in [2.05, 4.69) is 18.0 Å². The van der Waals surface area contributed by atoms with E-state index in [-0.39, 0.29) is 12.0 Å². The van der Waals surface area contributed by atoms with Gasteiger partial charge in [-0.3, -0.25) is 4.98 Å². The Bertz CT molecular complexity index is 311. The van der Waals surface area contributed by atoms with Crippen molar-refractivity contribution in [3.8, 4) is 0 Å². The fraction of sp³-hybridized carbons (Fsp3) is 0.545. The number of nitrogens with zero attached hydrogens (tertiary/aromatic N) is 1. The number of hydrogen-bond acceptors (Lipinski definition) is 2. The Balaban J connectivity index is 2.48. The highest BCUT2D eigenvalue weighted by Gasteiger charge is 2.32. The number of aryl methyl sites for hydroxylation is 1. The molecule has 1 unspecified atom stereocenters. The summed E-state index contributed by atoms with van der Waals surface area (Å²) in [6, 6.07) is 4.09. The van der Waals surface area contributed by atoms with Gasteiger partial charge >= 0.3 is 0 Å². The normalized spacial score (nSPS) is 26.9. The molecule has 0 aliphatic heterocycles. The molecule has 0 saturated carbocycles. The van der Waals surface area contributed by atoms with Crippen molar-refractivity contribution in [3.05, 3.63) is 29.6 Å². The first-order chi connectivity index (χ1) is 6.26. The number of pyridine rings is 1. The Morgan fingerprint density at radius 1 is 1.62 bits per heavy atom. The Morgan fingerprint density at radius 2 is 2.46 bits per heavy atom. The van der Waals surface area contributed by atoms with Gasteiger partial charge in [0, 0.05) is 11.6 Å². The smallest absolute Gasteiger partial charge is 0.0540 e. The highest BCUT2D eigenvalue weighted by molar-refractivity contribution is 5.29. The van der Waals surface area contributed by atoms with Crippen LogP contribution in [0.15, 0.2) is 18.3 Å². The summed E-state index contributed by atoms with van der Waals surface area (Å²) in [5.41, 5.74) is 2.31. The summed E-state index contributed by atoms with van der Waals surface area (Å²) in [6.07, 6.45) is 5.14. The predicted molar refractivity (Wildman–Crippen MR) is 51.6 cm³/mol. The number of aliphatic hydroxyl groups excluding tert-OH is 1. The zero-order chi connectivity index (χ0) is 9.31. The minimum absolute atomic E-state index is 0.102. The fourth-order valence-electron chi connectivity index (χ4n) is 2.13. The van der Waals surface area contributed by atoms with Crippen LogP contribution in [0.5, 0.6) is 0 Å². The number of aliphatic hydroxyl groups is 1. The molecule has 0 aromatic carbocycles. The molecular formula is C11H15NO. The molecule has 1 heterocycles. The Morgan fingerprint density at radius 3 is 3.23 bits per heavy atom. The SMILES string of the molecule is CC1(CO)CCCc2cccnc21. The molecule has 0 bridgehead atoms. The first-order valence-electron chi connectivity index (χ1n) is 4.81. The van der Waals surface area contributed by atoms with Gasteiger partial charge in [-0.15, -0.1) is 0 Å². The van der Waals surface area contributed by atoms with E-state index >= 15 is 0 Å². The van der Waals surface area contributed by atoms with Crippen molar-refractivity contribution in [2.75, 3.05) is 6.61 Å². The van der Waals surface area contributed by atoms with Crippen LogP contribution in [0.1, 0.15) is 31.0 Å². The lowest BCUT2D eigenvalue weighted by molar-refractivity contribution is 0.184. The van der Waals surface area contributed by atoms with Gasteiger partial charge in [-0.05, 0) is 30.9 Å². The van der Waals surface area contributed by atoms with Crippen molar-refractivity contribution in [2.45, 2.75) is 31.6 Å². The molecule has 0 spiro atoms. The molecule has 1 aliphatic carbocycles. The quantitative estimate of drug-likeness (QED) is 0.707. The monoisotopic (exact) mass is 177 g/mol. The van der Waals surface area contributed by atoms with Crippen molar-refractivity contribution in [2.24, 2.45) is 0 Å². The molecule has 0 amide bonds. The number of fused-ring (bicyclic) bond motifs is 1. The summed E-state index contributed by atoms with van der Waals surface area (Å²) < 4.78 is 0. The summed E-state index contributed by atoms with van der Waals surface area (Å²) in [7, 11) is 0. The van der Waals surface area contributed by atoms with Crippen LogP contribution in [0.4, 0.5) is 0 Å². The Hall–Kier alpha value is -0.890. The van der Waals surface area contributed by atoms with Crippen molar-refractivity contribution in [1.82, 2.24) is 4.98 Å². The maximum Gasteiger partial charge on any atom is 0.0540 e. The maximum atomic E-state index is 9.36. The van der Waals surface area contributed by atoms with Crippen LogP contribution in [0.2, 0.25) is 0 Å². The highest BCUT2D eigenvalue weighted by atomic mass is 16.3. The summed E-state index contributed by atoms with van der Waals surface area (Å²) in [4.78, 5) is 4.38. The molecule has 1 aromatic rings. The molecule has 0 radical (unpaired) electrons. The molecule has 70 valence electrons. The summed E-state index contributed by atoms with van der Waals surface area (Å²) in [5, 5.41) is 9.36. The largest absolute Gasteiger partial charge is 0.395 e. The first kappa shape index (κ1) is 8.70. The van der Waals surface area contributed by atoms with E-state index in [4.69, 9.17) is 0 Å². The average Bonchev–Trinajstić information content (AvgIpc) is 2.19. The van der Waals surface area contributed by atoms with Crippen molar-refractivity contribution in [3.63, 3.8) is 0 Å². The van der Waals surface area contributed by atoms with Crippen LogP contribution in [0, 0.1) is 0 Å². The minimum Gasteiger partial charge on any atom is -0.395 e. The van der Waals surface area contributed by atoms with Crippen molar-refractivity contribution in [1.29, 1.82) is 0 Å². The summed E-state index contributed by atoms with van der Waals surface area (Å²) in [5.74, 6) is 0. The molecule has 1 aliphatic rings. The third kappa shape index (κ3) is 1.35. The Labute approximate surface area is 78.6 Å². The highest BCUT2D eigenvalue weighted by Crippen LogP contribution is 2.34. The molecule has 0 saturated heterocycles. The average molecular weight is 177 g/mol. The van der Waals surface area contributed by atoms with Crippen LogP contribution in [-0.4, -0.2) is 16.7 Å². The third-order valence-electron chi connectivity index (χ3n) is 2.99. The topological polar surface area (TPSA) is 33.1 Å². The van der Waals surface area contributed by atoms with Crippen LogP contribution >= 0.6 is 0 Å². The van der Waals surface area contributed by atoms with Crippen LogP contribution in [-0.2, 0) is 11.8 Å². The van der Waals surface area contributed by atoms with Gasteiger partial charge in [0.2, 0.25) is 0 Å². The van der Waals surface area contributed by atoms with E-state index in [1.165, 1.54) is 5.56 Å². The molecule has 2 nitrogen and oxygen atoms in total. The van der Waals surface area contributed by atoms with Gasteiger partial charge in [-0.25, -0.2) is 0 Å². The fourth-order valence-corrected chi connectivity index (χ4v) is 2.13. The van der Waals surface area contributed by atoms with Gasteiger partial charge < -0.3 is 5.11 Å². The summed E-state index contributed by atoms with van der Waals surface area (Å²) >= 11 is 0. The van der Waals surface area contributed by atoms with Crippen LogP contribution < -0.4 is 0 Å². The predicted octanol–water partition coefficient (Wildman–Crippen LogP) is 1.67. The van der Waals surface area contributed by atoms with Gasteiger partial charge in [0.1, 0.15) is 0 Å². The lowest BCUT2D eigenvalue weighted by Gasteiger charge is -2.32. The first-order valence-corrected chi connectivity index (χ1v) is 4.81. The minimum atomic E-state index is -0.102. The van der Waals surface area contributed by atoms with Gasteiger partial charge in [-0.2, -0.15) is 0 Å². The van der Waals surface area contributed by atoms with Crippen LogP contribution in [0.3, 0.4) is 0 Å². The standard InChI is InChI=1S/C11H15NO/c1-11(8-13)6-2-4-9-5-3-7-12-10(9)11/h3,5,7,13H,2,4,6,8H2,1H3. The molecule has 2 heteroatoms. The molecule has 1 N–H and O–H groups in total. The van der Waals surface area contributed by atoms with Gasteiger partial charge in [0.05, 0.1) is 12.3 Å². The van der Waals surface area contributed by atoms with E-state index in [1.54, 1.807) is 0 Å². The van der Waals surface area contributed by atoms with Crippen molar-refractivity contribution < 1.29 is 5.11 Å². The van der Waals surface area contributed by atoms with Crippen LogP contribution in [0.25, 0.3) is 0 Å². The Kier molecular flexibility index (Phi) is 2.08. The molecule has 1 aromatic heterocycles.